The minimum absolute atomic E-state index is 0.0342. The van der Waals surface area contributed by atoms with Crippen molar-refractivity contribution in [3.63, 3.8) is 0 Å². The highest BCUT2D eigenvalue weighted by Crippen LogP contribution is 2.31. The zero-order valence-corrected chi connectivity index (χ0v) is 17.8. The number of ether oxygens (including phenoxy) is 1. The lowest BCUT2D eigenvalue weighted by Gasteiger charge is -2.30. The first-order valence-electron chi connectivity index (χ1n) is 9.67. The van der Waals surface area contributed by atoms with Gasteiger partial charge in [-0.05, 0) is 49.6 Å². The molecule has 2 aliphatic rings. The maximum atomic E-state index is 13.3. The van der Waals surface area contributed by atoms with Crippen LogP contribution in [0.4, 0.5) is 5.69 Å². The summed E-state index contributed by atoms with van der Waals surface area (Å²) in [5.41, 5.74) is 3.50. The fourth-order valence-corrected chi connectivity index (χ4v) is 5.76. The molecule has 0 N–H and O–H groups in total. The van der Waals surface area contributed by atoms with E-state index in [0.717, 1.165) is 29.7 Å². The first-order valence-corrected chi connectivity index (χ1v) is 11.5. The van der Waals surface area contributed by atoms with Crippen molar-refractivity contribution >= 4 is 33.2 Å². The predicted octanol–water partition coefficient (Wildman–Crippen LogP) is 3.26. The number of hydrogen-bond acceptors (Lipinski definition) is 4. The molecule has 2 aliphatic heterocycles. The van der Waals surface area contributed by atoms with E-state index in [9.17, 15) is 13.2 Å². The lowest BCUT2D eigenvalue weighted by molar-refractivity contribution is 0.0730. The number of rotatable bonds is 3. The summed E-state index contributed by atoms with van der Waals surface area (Å²) in [5.74, 6) is -0.218. The van der Waals surface area contributed by atoms with Crippen LogP contribution in [-0.2, 0) is 21.2 Å². The number of benzene rings is 2. The van der Waals surface area contributed by atoms with Crippen molar-refractivity contribution in [1.29, 1.82) is 0 Å². The summed E-state index contributed by atoms with van der Waals surface area (Å²) in [6, 6.07) is 10.5. The van der Waals surface area contributed by atoms with E-state index in [1.54, 1.807) is 11.0 Å². The Hall–Kier alpha value is -1.93. The largest absolute Gasteiger partial charge is 0.379 e. The van der Waals surface area contributed by atoms with Gasteiger partial charge in [-0.2, -0.15) is 4.31 Å². The predicted molar refractivity (Wildman–Crippen MR) is 112 cm³/mol. The first kappa shape index (κ1) is 20.3. The van der Waals surface area contributed by atoms with Crippen LogP contribution in [0.2, 0.25) is 5.02 Å². The molecular formula is C21H23ClN2O4S. The van der Waals surface area contributed by atoms with E-state index in [1.165, 1.54) is 16.4 Å². The van der Waals surface area contributed by atoms with Gasteiger partial charge in [-0.3, -0.25) is 4.79 Å². The number of carbonyl (C=O) groups is 1. The number of nitrogens with zero attached hydrogens (tertiary/aromatic N) is 2. The maximum Gasteiger partial charge on any atom is 0.258 e. The summed E-state index contributed by atoms with van der Waals surface area (Å²) in [6.45, 7) is 3.87. The van der Waals surface area contributed by atoms with Crippen LogP contribution < -0.4 is 4.90 Å². The van der Waals surface area contributed by atoms with E-state index < -0.39 is 10.0 Å². The number of hydrogen-bond donors (Lipinski definition) is 0. The molecule has 6 nitrogen and oxygen atoms in total. The molecule has 0 unspecified atom stereocenters. The van der Waals surface area contributed by atoms with E-state index in [1.807, 2.05) is 19.1 Å². The molecule has 2 heterocycles. The average Bonchev–Trinajstić information content (AvgIpc) is 2.73. The highest BCUT2D eigenvalue weighted by molar-refractivity contribution is 7.89. The van der Waals surface area contributed by atoms with Gasteiger partial charge in [0.1, 0.15) is 4.90 Å². The number of aryl methyl sites for hydroxylation is 2. The summed E-state index contributed by atoms with van der Waals surface area (Å²) in [4.78, 5) is 15.0. The van der Waals surface area contributed by atoms with E-state index in [-0.39, 0.29) is 28.9 Å². The number of anilines is 1. The van der Waals surface area contributed by atoms with Gasteiger partial charge in [0.2, 0.25) is 10.0 Å². The molecule has 0 bridgehead atoms. The standard InChI is InChI=1S/C21H23ClN2O4S/c1-15-4-7-19-16(13-15)3-2-8-24(19)21(25)17-5-6-18(22)20(14-17)29(26,27)23-9-11-28-12-10-23/h4-7,13-14H,2-3,8-12H2,1H3. The second-order valence-corrected chi connectivity index (χ2v) is 9.67. The molecule has 0 aliphatic carbocycles. The van der Waals surface area contributed by atoms with Gasteiger partial charge in [-0.1, -0.05) is 29.3 Å². The lowest BCUT2D eigenvalue weighted by atomic mass is 9.99. The van der Waals surface area contributed by atoms with Gasteiger partial charge >= 0.3 is 0 Å². The molecule has 1 fully saturated rings. The second-order valence-electron chi connectivity index (χ2n) is 7.35. The second kappa shape index (κ2) is 8.07. The molecule has 1 saturated heterocycles. The highest BCUT2D eigenvalue weighted by atomic mass is 35.5. The summed E-state index contributed by atoms with van der Waals surface area (Å²) in [7, 11) is -3.79. The van der Waals surface area contributed by atoms with E-state index in [4.69, 9.17) is 16.3 Å². The number of fused-ring (bicyclic) bond motifs is 1. The molecule has 154 valence electrons. The summed E-state index contributed by atoms with van der Waals surface area (Å²) in [6.07, 6.45) is 1.80. The van der Waals surface area contributed by atoms with E-state index in [0.29, 0.717) is 25.3 Å². The molecule has 29 heavy (non-hydrogen) atoms. The van der Waals surface area contributed by atoms with Crippen molar-refractivity contribution in [2.24, 2.45) is 0 Å². The van der Waals surface area contributed by atoms with Gasteiger partial charge in [0, 0.05) is 30.9 Å². The third kappa shape index (κ3) is 3.92. The van der Waals surface area contributed by atoms with Crippen molar-refractivity contribution in [2.45, 2.75) is 24.7 Å². The smallest absolute Gasteiger partial charge is 0.258 e. The highest BCUT2D eigenvalue weighted by Gasteiger charge is 2.30. The van der Waals surface area contributed by atoms with Crippen LogP contribution in [0.25, 0.3) is 0 Å². The minimum Gasteiger partial charge on any atom is -0.379 e. The zero-order valence-electron chi connectivity index (χ0n) is 16.2. The number of carbonyl (C=O) groups excluding carboxylic acids is 1. The van der Waals surface area contributed by atoms with Crippen LogP contribution in [0.1, 0.15) is 27.9 Å². The molecule has 8 heteroatoms. The Morgan fingerprint density at radius 1 is 1.07 bits per heavy atom. The van der Waals surface area contributed by atoms with Crippen molar-refractivity contribution in [1.82, 2.24) is 4.31 Å². The maximum absolute atomic E-state index is 13.3. The quantitative estimate of drug-likeness (QED) is 0.743. The Morgan fingerprint density at radius 2 is 1.83 bits per heavy atom. The molecule has 4 rings (SSSR count). The van der Waals surface area contributed by atoms with Gasteiger partial charge < -0.3 is 9.64 Å². The van der Waals surface area contributed by atoms with E-state index in [2.05, 4.69) is 6.07 Å². The molecule has 0 saturated carbocycles. The zero-order chi connectivity index (χ0) is 20.6. The van der Waals surface area contributed by atoms with Crippen LogP contribution in [0.5, 0.6) is 0 Å². The van der Waals surface area contributed by atoms with Crippen molar-refractivity contribution in [3.05, 3.63) is 58.1 Å². The Labute approximate surface area is 176 Å². The van der Waals surface area contributed by atoms with Gasteiger partial charge in [-0.15, -0.1) is 0 Å². The van der Waals surface area contributed by atoms with Crippen LogP contribution in [0.15, 0.2) is 41.3 Å². The number of halogens is 1. The molecule has 0 radical (unpaired) electrons. The van der Waals surface area contributed by atoms with Crippen molar-refractivity contribution in [3.8, 4) is 0 Å². The van der Waals surface area contributed by atoms with Crippen LogP contribution in [-0.4, -0.2) is 51.5 Å². The number of sulfonamides is 1. The average molecular weight is 435 g/mol. The third-order valence-corrected chi connectivity index (χ3v) is 7.75. The topological polar surface area (TPSA) is 66.9 Å². The van der Waals surface area contributed by atoms with Crippen LogP contribution in [0, 0.1) is 6.92 Å². The fraction of sp³-hybridized carbons (Fsp3) is 0.381. The van der Waals surface area contributed by atoms with Gasteiger partial charge in [-0.25, -0.2) is 8.42 Å². The molecule has 2 aromatic rings. The van der Waals surface area contributed by atoms with Crippen LogP contribution >= 0.6 is 11.6 Å². The SMILES string of the molecule is Cc1ccc2c(c1)CCCN2C(=O)c1ccc(Cl)c(S(=O)(=O)N2CCOCC2)c1. The molecule has 0 aromatic heterocycles. The molecule has 0 spiro atoms. The Bertz CT molecular complexity index is 1050. The first-order chi connectivity index (χ1) is 13.9. The van der Waals surface area contributed by atoms with E-state index >= 15 is 0 Å². The Kier molecular flexibility index (Phi) is 5.66. The lowest BCUT2D eigenvalue weighted by Crippen LogP contribution is -2.41. The Morgan fingerprint density at radius 3 is 2.59 bits per heavy atom. The monoisotopic (exact) mass is 434 g/mol. The summed E-state index contributed by atoms with van der Waals surface area (Å²) in [5, 5.41) is 0.114. The third-order valence-electron chi connectivity index (χ3n) is 5.36. The number of amides is 1. The fourth-order valence-electron chi connectivity index (χ4n) is 3.85. The molecular weight excluding hydrogens is 412 g/mol. The van der Waals surface area contributed by atoms with Crippen molar-refractivity contribution in [2.75, 3.05) is 37.7 Å². The minimum atomic E-state index is -3.79. The van der Waals surface area contributed by atoms with Gasteiger partial charge in [0.25, 0.3) is 5.91 Å². The molecule has 0 atom stereocenters. The van der Waals surface area contributed by atoms with Crippen molar-refractivity contribution < 1.29 is 17.9 Å². The van der Waals surface area contributed by atoms with Gasteiger partial charge in [0.15, 0.2) is 0 Å². The number of morpholine rings is 1. The molecule has 1 amide bonds. The molecule has 2 aromatic carbocycles. The summed E-state index contributed by atoms with van der Waals surface area (Å²) < 4.78 is 32.7. The normalized spacial score (nSPS) is 17.8. The van der Waals surface area contributed by atoms with Crippen LogP contribution in [0.3, 0.4) is 0 Å². The Balaban J connectivity index is 1.69. The summed E-state index contributed by atoms with van der Waals surface area (Å²) >= 11 is 6.23. The van der Waals surface area contributed by atoms with Gasteiger partial charge in [0.05, 0.1) is 18.2 Å².